The Morgan fingerprint density at radius 2 is 1.79 bits per heavy atom. The quantitative estimate of drug-likeness (QED) is 0.210. The number of hydrogen-bond donors (Lipinski definition) is 2. The van der Waals surface area contributed by atoms with Crippen LogP contribution in [-0.2, 0) is 9.53 Å². The number of aliphatic imine (C=N–C) groups is 1. The molecule has 0 heterocycles. The predicted octanol–water partition coefficient (Wildman–Crippen LogP) is 2.50. The number of hydrogen-bond acceptors (Lipinski definition) is 4. The van der Waals surface area contributed by atoms with Gasteiger partial charge < -0.3 is 20.1 Å². The van der Waals surface area contributed by atoms with Crippen molar-refractivity contribution < 1.29 is 14.3 Å². The maximum absolute atomic E-state index is 11.4. The summed E-state index contributed by atoms with van der Waals surface area (Å²) >= 11 is 0. The molecule has 1 aromatic carbocycles. The number of benzene rings is 1. The normalized spacial score (nSPS) is 10.8. The van der Waals surface area contributed by atoms with Crippen LogP contribution in [0.15, 0.2) is 29.3 Å². The Bertz CT molecular complexity index is 504. The van der Waals surface area contributed by atoms with E-state index in [9.17, 15) is 4.79 Å². The molecule has 0 amide bonds. The summed E-state index contributed by atoms with van der Waals surface area (Å²) in [7, 11) is 1.68. The molecule has 0 spiro atoms. The third-order valence-electron chi connectivity index (χ3n) is 2.90. The van der Waals surface area contributed by atoms with Gasteiger partial charge in [-0.3, -0.25) is 9.79 Å². The van der Waals surface area contributed by atoms with Crippen LogP contribution in [0.1, 0.15) is 25.8 Å². The van der Waals surface area contributed by atoms with Crippen LogP contribution in [0.5, 0.6) is 5.75 Å². The van der Waals surface area contributed by atoms with Crippen LogP contribution in [-0.4, -0.2) is 44.8 Å². The molecule has 0 aliphatic carbocycles. The van der Waals surface area contributed by atoms with Gasteiger partial charge >= 0.3 is 5.97 Å². The van der Waals surface area contributed by atoms with Crippen molar-refractivity contribution in [3.8, 4) is 5.75 Å². The minimum absolute atomic E-state index is 0. The smallest absolute Gasteiger partial charge is 0.307 e. The van der Waals surface area contributed by atoms with Crippen LogP contribution in [0.2, 0.25) is 0 Å². The topological polar surface area (TPSA) is 72.0 Å². The van der Waals surface area contributed by atoms with Gasteiger partial charge in [0.15, 0.2) is 5.96 Å². The molecular weight excluding hydrogens is 421 g/mol. The number of nitrogens with one attached hydrogen (secondary N) is 2. The molecule has 0 saturated heterocycles. The van der Waals surface area contributed by atoms with E-state index in [1.54, 1.807) is 7.05 Å². The number of halogens is 1. The van der Waals surface area contributed by atoms with Gasteiger partial charge in [-0.15, -0.1) is 24.0 Å². The second-order valence-electron chi connectivity index (χ2n) is 5.38. The Labute approximate surface area is 161 Å². The van der Waals surface area contributed by atoms with Gasteiger partial charge in [-0.05, 0) is 32.9 Å². The monoisotopic (exact) mass is 449 g/mol. The van der Waals surface area contributed by atoms with Gasteiger partial charge in [0.25, 0.3) is 0 Å². The molecule has 6 nitrogen and oxygen atoms in total. The first-order valence-corrected chi connectivity index (χ1v) is 7.84. The third-order valence-corrected chi connectivity index (χ3v) is 2.90. The van der Waals surface area contributed by atoms with Crippen LogP contribution in [0.3, 0.4) is 0 Å². The van der Waals surface area contributed by atoms with Crippen LogP contribution in [0.25, 0.3) is 0 Å². The van der Waals surface area contributed by atoms with Gasteiger partial charge in [0.1, 0.15) is 12.4 Å². The number of nitrogens with zero attached hydrogens (tertiary/aromatic N) is 1. The first-order valence-electron chi connectivity index (χ1n) is 7.84. The van der Waals surface area contributed by atoms with Gasteiger partial charge in [0.2, 0.25) is 0 Å². The van der Waals surface area contributed by atoms with Crippen molar-refractivity contribution in [3.63, 3.8) is 0 Å². The van der Waals surface area contributed by atoms with E-state index >= 15 is 0 Å². The van der Waals surface area contributed by atoms with Gasteiger partial charge in [-0.1, -0.05) is 17.7 Å². The zero-order chi connectivity index (χ0) is 17.1. The van der Waals surface area contributed by atoms with Crippen molar-refractivity contribution in [3.05, 3.63) is 29.8 Å². The fraction of sp³-hybridized carbons (Fsp3) is 0.529. The second-order valence-corrected chi connectivity index (χ2v) is 5.38. The highest BCUT2D eigenvalue weighted by molar-refractivity contribution is 14.0. The fourth-order valence-electron chi connectivity index (χ4n) is 1.80. The summed E-state index contributed by atoms with van der Waals surface area (Å²) in [5.74, 6) is 1.26. The molecule has 1 rings (SSSR count). The minimum Gasteiger partial charge on any atom is -0.492 e. The van der Waals surface area contributed by atoms with Crippen molar-refractivity contribution in [2.24, 2.45) is 4.99 Å². The number of carbonyl (C=O) groups is 1. The Kier molecular flexibility index (Phi) is 12.0. The number of esters is 1. The predicted molar refractivity (Wildman–Crippen MR) is 107 cm³/mol. The molecule has 0 aromatic heterocycles. The molecular formula is C17H28IN3O3. The summed E-state index contributed by atoms with van der Waals surface area (Å²) in [5, 5.41) is 6.19. The van der Waals surface area contributed by atoms with Gasteiger partial charge in [0, 0.05) is 13.6 Å². The fourth-order valence-corrected chi connectivity index (χ4v) is 1.80. The van der Waals surface area contributed by atoms with E-state index in [1.807, 2.05) is 45.0 Å². The second kappa shape index (κ2) is 12.9. The lowest BCUT2D eigenvalue weighted by Crippen LogP contribution is -2.40. The van der Waals surface area contributed by atoms with Crippen molar-refractivity contribution in [2.45, 2.75) is 33.3 Å². The Morgan fingerprint density at radius 1 is 1.17 bits per heavy atom. The summed E-state index contributed by atoms with van der Waals surface area (Å²) < 4.78 is 10.7. The van der Waals surface area contributed by atoms with Gasteiger partial charge in [-0.2, -0.15) is 0 Å². The molecule has 136 valence electrons. The Hall–Kier alpha value is -1.51. The molecule has 0 fully saturated rings. The maximum atomic E-state index is 11.4. The molecule has 1 aromatic rings. The molecule has 0 aliphatic rings. The molecule has 0 unspecified atom stereocenters. The van der Waals surface area contributed by atoms with E-state index in [-0.39, 0.29) is 36.0 Å². The summed E-state index contributed by atoms with van der Waals surface area (Å²) in [6.07, 6.45) is 0.220. The Balaban J connectivity index is 0.00000529. The molecule has 0 bridgehead atoms. The van der Waals surface area contributed by atoms with Crippen LogP contribution < -0.4 is 15.4 Å². The van der Waals surface area contributed by atoms with Crippen LogP contribution in [0.4, 0.5) is 0 Å². The molecule has 0 atom stereocenters. The summed E-state index contributed by atoms with van der Waals surface area (Å²) in [6.45, 7) is 7.32. The van der Waals surface area contributed by atoms with Crippen LogP contribution in [0, 0.1) is 6.92 Å². The van der Waals surface area contributed by atoms with E-state index in [1.165, 1.54) is 5.56 Å². The first kappa shape index (κ1) is 22.5. The van der Waals surface area contributed by atoms with Crippen molar-refractivity contribution in [2.75, 3.05) is 26.7 Å². The molecule has 0 radical (unpaired) electrons. The number of carbonyl (C=O) groups excluding carboxylic acids is 1. The van der Waals surface area contributed by atoms with Crippen molar-refractivity contribution >= 4 is 35.9 Å². The number of rotatable bonds is 8. The molecule has 0 aliphatic heterocycles. The highest BCUT2D eigenvalue weighted by Gasteiger charge is 2.05. The molecule has 0 saturated carbocycles. The average Bonchev–Trinajstić information content (AvgIpc) is 2.50. The molecule has 2 N–H and O–H groups in total. The number of aryl methyl sites for hydroxylation is 1. The standard InChI is InChI=1S/C17H27N3O3.HI/c1-13(2)23-16(21)9-10-19-17(18-4)20-11-12-22-15-7-5-14(3)6-8-15;/h5-8,13H,9-12H2,1-4H3,(H2,18,19,20);1H. The minimum atomic E-state index is -0.217. The number of guanidine groups is 1. The Morgan fingerprint density at radius 3 is 2.38 bits per heavy atom. The lowest BCUT2D eigenvalue weighted by Gasteiger charge is -2.13. The lowest BCUT2D eigenvalue weighted by molar-refractivity contribution is -0.147. The summed E-state index contributed by atoms with van der Waals surface area (Å²) in [6, 6.07) is 7.92. The SMILES string of the molecule is CN=C(NCCOc1ccc(C)cc1)NCCC(=O)OC(C)C.I. The van der Waals surface area contributed by atoms with Crippen LogP contribution >= 0.6 is 24.0 Å². The van der Waals surface area contributed by atoms with E-state index in [2.05, 4.69) is 15.6 Å². The lowest BCUT2D eigenvalue weighted by atomic mass is 10.2. The summed E-state index contributed by atoms with van der Waals surface area (Å²) in [4.78, 5) is 15.5. The number of ether oxygens (including phenoxy) is 2. The molecule has 7 heteroatoms. The van der Waals surface area contributed by atoms with Gasteiger partial charge in [0.05, 0.1) is 19.1 Å². The van der Waals surface area contributed by atoms with E-state index in [0.717, 1.165) is 5.75 Å². The first-order chi connectivity index (χ1) is 11.0. The van der Waals surface area contributed by atoms with E-state index in [4.69, 9.17) is 9.47 Å². The average molecular weight is 449 g/mol. The third kappa shape index (κ3) is 10.3. The highest BCUT2D eigenvalue weighted by Crippen LogP contribution is 2.10. The van der Waals surface area contributed by atoms with Crippen molar-refractivity contribution in [1.29, 1.82) is 0 Å². The van der Waals surface area contributed by atoms with E-state index in [0.29, 0.717) is 32.1 Å². The maximum Gasteiger partial charge on any atom is 0.307 e. The summed E-state index contributed by atoms with van der Waals surface area (Å²) in [5.41, 5.74) is 1.20. The highest BCUT2D eigenvalue weighted by atomic mass is 127. The zero-order valence-corrected chi connectivity index (χ0v) is 17.1. The van der Waals surface area contributed by atoms with E-state index < -0.39 is 0 Å². The van der Waals surface area contributed by atoms with Crippen molar-refractivity contribution in [1.82, 2.24) is 10.6 Å². The zero-order valence-electron chi connectivity index (χ0n) is 14.8. The van der Waals surface area contributed by atoms with Gasteiger partial charge in [-0.25, -0.2) is 0 Å². The molecule has 24 heavy (non-hydrogen) atoms. The largest absolute Gasteiger partial charge is 0.492 e.